The Morgan fingerprint density at radius 1 is 1.22 bits per heavy atom. The molecule has 2 amide bonds. The maximum absolute atomic E-state index is 12.7. The highest BCUT2D eigenvalue weighted by Crippen LogP contribution is 2.17. The van der Waals surface area contributed by atoms with E-state index in [1.54, 1.807) is 32.9 Å². The molecule has 0 saturated heterocycles. The van der Waals surface area contributed by atoms with Crippen LogP contribution in [0.4, 0.5) is 5.82 Å². The lowest BCUT2D eigenvalue weighted by Crippen LogP contribution is -2.35. The number of likely N-dealkylation sites (N-methyl/N-ethyl adjacent to an activating group) is 1. The average molecular weight is 394 g/mol. The Bertz CT molecular complexity index is 952. The SMILES string of the molecule is CCNS(=O)(=O)c1ccc(C)c(C(=O)N(C)CC(=O)Nc2cc(C)on2)c1. The first-order valence-corrected chi connectivity index (χ1v) is 9.71. The van der Waals surface area contributed by atoms with Crippen molar-refractivity contribution in [2.24, 2.45) is 0 Å². The van der Waals surface area contributed by atoms with E-state index in [1.807, 2.05) is 0 Å². The van der Waals surface area contributed by atoms with Crippen LogP contribution in [-0.2, 0) is 14.8 Å². The first-order chi connectivity index (χ1) is 12.6. The van der Waals surface area contributed by atoms with E-state index in [2.05, 4.69) is 15.2 Å². The van der Waals surface area contributed by atoms with Gasteiger partial charge in [0.2, 0.25) is 15.9 Å². The molecule has 2 rings (SSSR count). The number of hydrogen-bond donors (Lipinski definition) is 2. The maximum atomic E-state index is 12.7. The van der Waals surface area contributed by atoms with Gasteiger partial charge in [-0.2, -0.15) is 0 Å². The van der Waals surface area contributed by atoms with Gasteiger partial charge in [-0.05, 0) is 31.5 Å². The summed E-state index contributed by atoms with van der Waals surface area (Å²) in [6.45, 7) is 5.06. The molecule has 0 unspecified atom stereocenters. The minimum atomic E-state index is -3.69. The summed E-state index contributed by atoms with van der Waals surface area (Å²) in [6, 6.07) is 5.86. The fraction of sp³-hybridized carbons (Fsp3) is 0.353. The number of nitrogens with one attached hydrogen (secondary N) is 2. The van der Waals surface area contributed by atoms with Crippen molar-refractivity contribution >= 4 is 27.7 Å². The van der Waals surface area contributed by atoms with Gasteiger partial charge in [0.25, 0.3) is 5.91 Å². The summed E-state index contributed by atoms with van der Waals surface area (Å²) in [4.78, 5) is 26.0. The topological polar surface area (TPSA) is 122 Å². The van der Waals surface area contributed by atoms with Crippen molar-refractivity contribution < 1.29 is 22.5 Å². The third kappa shape index (κ3) is 5.14. The largest absolute Gasteiger partial charge is 0.360 e. The van der Waals surface area contributed by atoms with E-state index in [4.69, 9.17) is 4.52 Å². The van der Waals surface area contributed by atoms with E-state index in [9.17, 15) is 18.0 Å². The summed E-state index contributed by atoms with van der Waals surface area (Å²) < 4.78 is 31.6. The Morgan fingerprint density at radius 3 is 2.52 bits per heavy atom. The second-order valence-electron chi connectivity index (χ2n) is 6.01. The van der Waals surface area contributed by atoms with Gasteiger partial charge in [-0.3, -0.25) is 9.59 Å². The summed E-state index contributed by atoms with van der Waals surface area (Å²) >= 11 is 0. The monoisotopic (exact) mass is 394 g/mol. The Kier molecular flexibility index (Phi) is 6.34. The zero-order valence-corrected chi connectivity index (χ0v) is 16.4. The molecule has 1 aromatic heterocycles. The van der Waals surface area contributed by atoms with Gasteiger partial charge < -0.3 is 14.7 Å². The number of anilines is 1. The highest BCUT2D eigenvalue weighted by molar-refractivity contribution is 7.89. The van der Waals surface area contributed by atoms with Crippen molar-refractivity contribution in [1.29, 1.82) is 0 Å². The molecule has 0 radical (unpaired) electrons. The Labute approximate surface area is 157 Å². The second kappa shape index (κ2) is 8.31. The van der Waals surface area contributed by atoms with Crippen LogP contribution in [0.1, 0.15) is 28.6 Å². The van der Waals surface area contributed by atoms with E-state index < -0.39 is 21.8 Å². The molecule has 2 N–H and O–H groups in total. The molecular formula is C17H22N4O5S. The Morgan fingerprint density at radius 2 is 1.93 bits per heavy atom. The number of hydrogen-bond acceptors (Lipinski definition) is 6. The van der Waals surface area contributed by atoms with Gasteiger partial charge in [0, 0.05) is 25.2 Å². The molecule has 1 aromatic carbocycles. The van der Waals surface area contributed by atoms with Crippen LogP contribution in [-0.4, -0.2) is 50.4 Å². The summed E-state index contributed by atoms with van der Waals surface area (Å²) in [5, 5.41) is 6.18. The van der Waals surface area contributed by atoms with Crippen LogP contribution < -0.4 is 10.0 Å². The highest BCUT2D eigenvalue weighted by atomic mass is 32.2. The average Bonchev–Trinajstić information content (AvgIpc) is 2.99. The van der Waals surface area contributed by atoms with Crippen molar-refractivity contribution in [3.8, 4) is 0 Å². The number of aryl methyl sites for hydroxylation is 2. The first kappa shape index (κ1) is 20.6. The van der Waals surface area contributed by atoms with Crippen molar-refractivity contribution in [2.75, 3.05) is 25.5 Å². The molecule has 27 heavy (non-hydrogen) atoms. The summed E-state index contributed by atoms with van der Waals surface area (Å²) in [7, 11) is -2.23. The Balaban J connectivity index is 2.14. The third-order valence-electron chi connectivity index (χ3n) is 3.71. The molecule has 9 nitrogen and oxygen atoms in total. The fourth-order valence-electron chi connectivity index (χ4n) is 2.37. The van der Waals surface area contributed by atoms with Crippen LogP contribution in [0, 0.1) is 13.8 Å². The summed E-state index contributed by atoms with van der Waals surface area (Å²) in [5.74, 6) is -0.113. The fourth-order valence-corrected chi connectivity index (χ4v) is 3.44. The van der Waals surface area contributed by atoms with Crippen LogP contribution in [0.3, 0.4) is 0 Å². The van der Waals surface area contributed by atoms with Gasteiger partial charge in [0.05, 0.1) is 11.4 Å². The van der Waals surface area contributed by atoms with Gasteiger partial charge in [-0.15, -0.1) is 0 Å². The second-order valence-corrected chi connectivity index (χ2v) is 7.78. The highest BCUT2D eigenvalue weighted by Gasteiger charge is 2.21. The minimum absolute atomic E-state index is 0.00535. The van der Waals surface area contributed by atoms with Gasteiger partial charge in [0.15, 0.2) is 5.82 Å². The number of aromatic nitrogens is 1. The molecule has 2 aromatic rings. The normalized spacial score (nSPS) is 11.3. The standard InChI is InChI=1S/C17H22N4O5S/c1-5-18-27(24,25)13-7-6-11(2)14(9-13)17(23)21(4)10-16(22)19-15-8-12(3)26-20-15/h6-9,18H,5,10H2,1-4H3,(H,19,20,22). The molecule has 1 heterocycles. The molecule has 0 fully saturated rings. The number of rotatable bonds is 7. The summed E-state index contributed by atoms with van der Waals surface area (Å²) in [6.07, 6.45) is 0. The van der Waals surface area contributed by atoms with Crippen LogP contribution >= 0.6 is 0 Å². The number of carbonyl (C=O) groups is 2. The van der Waals surface area contributed by atoms with Gasteiger partial charge in [-0.25, -0.2) is 13.1 Å². The number of amides is 2. The van der Waals surface area contributed by atoms with E-state index in [0.717, 1.165) is 0 Å². The molecule has 0 saturated carbocycles. The minimum Gasteiger partial charge on any atom is -0.360 e. The predicted molar refractivity (Wildman–Crippen MR) is 98.9 cm³/mol. The first-order valence-electron chi connectivity index (χ1n) is 8.23. The van der Waals surface area contributed by atoms with Crippen molar-refractivity contribution in [3.63, 3.8) is 0 Å². The zero-order chi connectivity index (χ0) is 20.2. The number of carbonyl (C=O) groups excluding carboxylic acids is 2. The van der Waals surface area contributed by atoms with E-state index >= 15 is 0 Å². The molecule has 0 aliphatic carbocycles. The van der Waals surface area contributed by atoms with E-state index in [1.165, 1.54) is 24.1 Å². The maximum Gasteiger partial charge on any atom is 0.254 e. The lowest BCUT2D eigenvalue weighted by Gasteiger charge is -2.18. The molecule has 10 heteroatoms. The molecule has 0 aliphatic rings. The van der Waals surface area contributed by atoms with Crippen molar-refractivity contribution in [3.05, 3.63) is 41.2 Å². The van der Waals surface area contributed by atoms with Crippen molar-refractivity contribution in [1.82, 2.24) is 14.8 Å². The van der Waals surface area contributed by atoms with Gasteiger partial charge >= 0.3 is 0 Å². The molecule has 0 bridgehead atoms. The Hall–Kier alpha value is -2.72. The zero-order valence-electron chi connectivity index (χ0n) is 15.6. The van der Waals surface area contributed by atoms with Gasteiger partial charge in [0.1, 0.15) is 5.76 Å². The van der Waals surface area contributed by atoms with E-state index in [0.29, 0.717) is 11.3 Å². The molecule has 0 spiro atoms. The van der Waals surface area contributed by atoms with Gasteiger partial charge in [-0.1, -0.05) is 18.1 Å². The molecule has 146 valence electrons. The van der Waals surface area contributed by atoms with Crippen LogP contribution in [0.2, 0.25) is 0 Å². The van der Waals surface area contributed by atoms with Crippen LogP contribution in [0.5, 0.6) is 0 Å². The van der Waals surface area contributed by atoms with Crippen LogP contribution in [0.15, 0.2) is 33.7 Å². The number of benzene rings is 1. The van der Waals surface area contributed by atoms with E-state index in [-0.39, 0.29) is 29.4 Å². The predicted octanol–water partition coefficient (Wildman–Crippen LogP) is 1.30. The lowest BCUT2D eigenvalue weighted by atomic mass is 10.1. The molecular weight excluding hydrogens is 372 g/mol. The molecule has 0 atom stereocenters. The number of nitrogens with zero attached hydrogens (tertiary/aromatic N) is 2. The smallest absolute Gasteiger partial charge is 0.254 e. The third-order valence-corrected chi connectivity index (χ3v) is 5.25. The van der Waals surface area contributed by atoms with Crippen molar-refractivity contribution in [2.45, 2.75) is 25.7 Å². The molecule has 0 aliphatic heterocycles. The lowest BCUT2D eigenvalue weighted by molar-refractivity contribution is -0.116. The summed E-state index contributed by atoms with van der Waals surface area (Å²) in [5.41, 5.74) is 0.816. The quantitative estimate of drug-likeness (QED) is 0.730. The number of sulfonamides is 1. The van der Waals surface area contributed by atoms with Crippen LogP contribution in [0.25, 0.3) is 0 Å².